The molecule has 0 radical (unpaired) electrons. The van der Waals surface area contributed by atoms with Crippen molar-refractivity contribution in [3.8, 4) is 0 Å². The van der Waals surface area contributed by atoms with Gasteiger partial charge in [0.05, 0.1) is 23.9 Å². The quantitative estimate of drug-likeness (QED) is 0.843. The van der Waals surface area contributed by atoms with Crippen molar-refractivity contribution in [1.82, 2.24) is 19.9 Å². The van der Waals surface area contributed by atoms with Crippen LogP contribution in [0.25, 0.3) is 0 Å². The number of hydrogen-bond donors (Lipinski definition) is 0. The van der Waals surface area contributed by atoms with Crippen LogP contribution >= 0.6 is 11.3 Å². The third-order valence-corrected chi connectivity index (χ3v) is 4.95. The lowest BCUT2D eigenvalue weighted by Crippen LogP contribution is -2.42. The summed E-state index contributed by atoms with van der Waals surface area (Å²) in [4.78, 5) is 30.4. The van der Waals surface area contributed by atoms with Gasteiger partial charge >= 0.3 is 0 Å². The standard InChI is InChI=1S/C16H21N5O2S/c1-10-14(24-11(2)19-10)16(22)21-7-8-23-12(9-21)13-15(20(3)4)18-6-5-17-13/h5-6,12H,7-9H2,1-4H3/t12-/m1/s1. The van der Waals surface area contributed by atoms with Crippen molar-refractivity contribution in [3.63, 3.8) is 0 Å². The molecule has 24 heavy (non-hydrogen) atoms. The molecule has 0 aromatic carbocycles. The lowest BCUT2D eigenvalue weighted by molar-refractivity contribution is -0.0244. The number of aromatic nitrogens is 3. The van der Waals surface area contributed by atoms with E-state index in [4.69, 9.17) is 4.74 Å². The van der Waals surface area contributed by atoms with Gasteiger partial charge in [0, 0.05) is 33.0 Å². The second kappa shape index (κ2) is 6.82. The van der Waals surface area contributed by atoms with Gasteiger partial charge in [0.25, 0.3) is 5.91 Å². The normalized spacial score (nSPS) is 17.8. The second-order valence-corrected chi connectivity index (χ2v) is 7.12. The van der Waals surface area contributed by atoms with Gasteiger partial charge in [0.2, 0.25) is 0 Å². The van der Waals surface area contributed by atoms with Crippen LogP contribution < -0.4 is 4.90 Å². The number of ether oxygens (including phenoxy) is 1. The number of carbonyl (C=O) groups is 1. The molecular weight excluding hydrogens is 326 g/mol. The third-order valence-electron chi connectivity index (χ3n) is 3.89. The van der Waals surface area contributed by atoms with Gasteiger partial charge in [-0.25, -0.2) is 9.97 Å². The monoisotopic (exact) mass is 347 g/mol. The summed E-state index contributed by atoms with van der Waals surface area (Å²) in [6.07, 6.45) is 3.04. The molecule has 1 atom stereocenters. The van der Waals surface area contributed by atoms with E-state index in [-0.39, 0.29) is 12.0 Å². The Labute approximate surface area is 145 Å². The first-order chi connectivity index (χ1) is 11.5. The van der Waals surface area contributed by atoms with E-state index in [9.17, 15) is 4.79 Å². The summed E-state index contributed by atoms with van der Waals surface area (Å²) in [5, 5.41) is 0.907. The van der Waals surface area contributed by atoms with Gasteiger partial charge in [0.15, 0.2) is 5.82 Å². The first-order valence-electron chi connectivity index (χ1n) is 7.80. The van der Waals surface area contributed by atoms with Gasteiger partial charge in [0.1, 0.15) is 16.7 Å². The molecule has 0 saturated carbocycles. The van der Waals surface area contributed by atoms with E-state index in [1.807, 2.05) is 37.7 Å². The lowest BCUT2D eigenvalue weighted by Gasteiger charge is -2.33. The fraction of sp³-hybridized carbons (Fsp3) is 0.500. The van der Waals surface area contributed by atoms with Crippen LogP contribution in [0.4, 0.5) is 5.82 Å². The first kappa shape index (κ1) is 16.8. The van der Waals surface area contributed by atoms with E-state index in [1.54, 1.807) is 12.4 Å². The molecule has 0 spiro atoms. The van der Waals surface area contributed by atoms with Gasteiger partial charge in [-0.2, -0.15) is 0 Å². The molecule has 7 nitrogen and oxygen atoms in total. The Kier molecular flexibility index (Phi) is 4.77. The molecule has 1 amide bonds. The molecule has 0 N–H and O–H groups in total. The van der Waals surface area contributed by atoms with Gasteiger partial charge in [-0.3, -0.25) is 9.78 Å². The molecule has 1 aliphatic heterocycles. The summed E-state index contributed by atoms with van der Waals surface area (Å²) >= 11 is 1.44. The third kappa shape index (κ3) is 3.25. The van der Waals surface area contributed by atoms with Crippen molar-refractivity contribution in [1.29, 1.82) is 0 Å². The SMILES string of the molecule is Cc1nc(C)c(C(=O)N2CCO[C@@H](c3nccnc3N(C)C)C2)s1. The van der Waals surface area contributed by atoms with Gasteiger partial charge in [-0.05, 0) is 13.8 Å². The van der Waals surface area contributed by atoms with E-state index in [2.05, 4.69) is 15.0 Å². The predicted molar refractivity (Wildman–Crippen MR) is 92.5 cm³/mol. The molecular formula is C16H21N5O2S. The van der Waals surface area contributed by atoms with Crippen LogP contribution in [0.3, 0.4) is 0 Å². The largest absolute Gasteiger partial charge is 0.368 e. The van der Waals surface area contributed by atoms with Crippen LogP contribution in [-0.2, 0) is 4.74 Å². The van der Waals surface area contributed by atoms with E-state index >= 15 is 0 Å². The zero-order valence-corrected chi connectivity index (χ0v) is 15.1. The summed E-state index contributed by atoms with van der Waals surface area (Å²) in [5.41, 5.74) is 1.55. The number of morpholine rings is 1. The summed E-state index contributed by atoms with van der Waals surface area (Å²) in [6, 6.07) is 0. The molecule has 0 aliphatic carbocycles. The second-order valence-electron chi connectivity index (χ2n) is 5.92. The van der Waals surface area contributed by atoms with E-state index in [0.717, 1.165) is 22.2 Å². The number of anilines is 1. The molecule has 128 valence electrons. The minimum Gasteiger partial charge on any atom is -0.368 e. The Hall–Kier alpha value is -2.06. The minimum absolute atomic E-state index is 0.0155. The van der Waals surface area contributed by atoms with Crippen molar-refractivity contribution in [2.75, 3.05) is 38.7 Å². The summed E-state index contributed by atoms with van der Waals surface area (Å²) in [7, 11) is 3.84. The average molecular weight is 347 g/mol. The van der Waals surface area contributed by atoms with Crippen LogP contribution in [0.5, 0.6) is 0 Å². The summed E-state index contributed by atoms with van der Waals surface area (Å²) < 4.78 is 5.87. The summed E-state index contributed by atoms with van der Waals surface area (Å²) in [5.74, 6) is 0.781. The van der Waals surface area contributed by atoms with E-state index in [1.165, 1.54) is 11.3 Å². The van der Waals surface area contributed by atoms with Crippen molar-refractivity contribution < 1.29 is 9.53 Å². The highest BCUT2D eigenvalue weighted by Crippen LogP contribution is 2.28. The molecule has 3 heterocycles. The maximum atomic E-state index is 12.8. The number of hydrogen-bond acceptors (Lipinski definition) is 7. The Morgan fingerprint density at radius 3 is 2.75 bits per heavy atom. The lowest BCUT2D eigenvalue weighted by atomic mass is 10.2. The van der Waals surface area contributed by atoms with Gasteiger partial charge < -0.3 is 14.5 Å². The Balaban J connectivity index is 1.82. The van der Waals surface area contributed by atoms with Crippen LogP contribution in [-0.4, -0.2) is 59.6 Å². The van der Waals surface area contributed by atoms with E-state index in [0.29, 0.717) is 24.6 Å². The van der Waals surface area contributed by atoms with Crippen LogP contribution in [0.15, 0.2) is 12.4 Å². The highest BCUT2D eigenvalue weighted by molar-refractivity contribution is 7.13. The number of thiazole rings is 1. The highest BCUT2D eigenvalue weighted by atomic mass is 32.1. The molecule has 1 aliphatic rings. The summed E-state index contributed by atoms with van der Waals surface area (Å²) in [6.45, 7) is 5.32. The maximum Gasteiger partial charge on any atom is 0.266 e. The highest BCUT2D eigenvalue weighted by Gasteiger charge is 2.30. The number of nitrogens with zero attached hydrogens (tertiary/aromatic N) is 5. The van der Waals surface area contributed by atoms with Crippen LogP contribution in [0.2, 0.25) is 0 Å². The van der Waals surface area contributed by atoms with Crippen LogP contribution in [0, 0.1) is 13.8 Å². The van der Waals surface area contributed by atoms with Crippen molar-refractivity contribution in [2.24, 2.45) is 0 Å². The number of rotatable bonds is 3. The molecule has 3 rings (SSSR count). The number of carbonyl (C=O) groups excluding carboxylic acids is 1. The first-order valence-corrected chi connectivity index (χ1v) is 8.62. The Morgan fingerprint density at radius 2 is 2.08 bits per heavy atom. The fourth-order valence-corrected chi connectivity index (χ4v) is 3.67. The Bertz CT molecular complexity index is 746. The van der Waals surface area contributed by atoms with Crippen molar-refractivity contribution in [2.45, 2.75) is 20.0 Å². The zero-order valence-electron chi connectivity index (χ0n) is 14.3. The maximum absolute atomic E-state index is 12.8. The van der Waals surface area contributed by atoms with Crippen molar-refractivity contribution >= 4 is 23.1 Å². The molecule has 8 heteroatoms. The predicted octanol–water partition coefficient (Wildman–Crippen LogP) is 1.83. The molecule has 2 aromatic rings. The molecule has 0 unspecified atom stereocenters. The average Bonchev–Trinajstić information content (AvgIpc) is 2.92. The zero-order chi connectivity index (χ0) is 17.3. The number of amides is 1. The van der Waals surface area contributed by atoms with Gasteiger partial charge in [-0.15, -0.1) is 11.3 Å². The smallest absolute Gasteiger partial charge is 0.266 e. The Morgan fingerprint density at radius 1 is 1.33 bits per heavy atom. The topological polar surface area (TPSA) is 71.5 Å². The van der Waals surface area contributed by atoms with Gasteiger partial charge in [-0.1, -0.05) is 0 Å². The van der Waals surface area contributed by atoms with Crippen LogP contribution in [0.1, 0.15) is 32.2 Å². The number of aryl methyl sites for hydroxylation is 2. The molecule has 1 saturated heterocycles. The fourth-order valence-electron chi connectivity index (χ4n) is 2.79. The van der Waals surface area contributed by atoms with Crippen molar-refractivity contribution in [3.05, 3.63) is 33.7 Å². The van der Waals surface area contributed by atoms with E-state index < -0.39 is 0 Å². The minimum atomic E-state index is -0.275. The molecule has 0 bridgehead atoms. The molecule has 1 fully saturated rings. The molecule has 2 aromatic heterocycles.